The first-order chi connectivity index (χ1) is 11.3. The topological polar surface area (TPSA) is 38.9 Å². The average Bonchev–Trinajstić information content (AvgIpc) is 2.58. The van der Waals surface area contributed by atoms with Gasteiger partial charge in [-0.15, -0.1) is 0 Å². The summed E-state index contributed by atoms with van der Waals surface area (Å²) in [4.78, 5) is 4.82. The van der Waals surface area contributed by atoms with Crippen molar-refractivity contribution in [2.24, 2.45) is 0 Å². The Bertz CT molecular complexity index is 821. The lowest BCUT2D eigenvalue weighted by atomic mass is 9.95. The molecule has 0 fully saturated rings. The number of hydrogen-bond donors (Lipinski definition) is 1. The molecule has 0 atom stereocenters. The highest BCUT2D eigenvalue weighted by molar-refractivity contribution is 6.03. The Labute approximate surface area is 138 Å². The van der Waals surface area contributed by atoms with Crippen LogP contribution < -0.4 is 5.73 Å². The van der Waals surface area contributed by atoms with Crippen molar-refractivity contribution in [2.75, 3.05) is 5.73 Å². The van der Waals surface area contributed by atoms with Gasteiger partial charge in [-0.05, 0) is 42.5 Å². The quantitative estimate of drug-likeness (QED) is 0.363. The van der Waals surface area contributed by atoms with E-state index in [4.69, 9.17) is 10.7 Å². The third-order valence-electron chi connectivity index (χ3n) is 4.74. The largest absolute Gasteiger partial charge is 0.398 e. The van der Waals surface area contributed by atoms with Crippen LogP contribution in [-0.4, -0.2) is 4.98 Å². The standard InChI is InChI=1S/C21H26N2/c1-3-5-6-7-10-15-13-14-19-20(21(15)22)16(4-2)17-11-8-9-12-18(17)23-19/h8-9,11-14H,3-7,10,22H2,1-2H3. The van der Waals surface area contributed by atoms with Crippen molar-refractivity contribution in [1.82, 2.24) is 4.98 Å². The van der Waals surface area contributed by atoms with E-state index in [1.807, 2.05) is 6.07 Å². The van der Waals surface area contributed by atoms with Crippen LogP contribution in [0.2, 0.25) is 0 Å². The van der Waals surface area contributed by atoms with Crippen molar-refractivity contribution in [3.8, 4) is 0 Å². The van der Waals surface area contributed by atoms with Crippen LogP contribution in [0.15, 0.2) is 36.4 Å². The average molecular weight is 306 g/mol. The number of fused-ring (bicyclic) bond motifs is 2. The summed E-state index contributed by atoms with van der Waals surface area (Å²) in [5.74, 6) is 0. The number of nitrogens with two attached hydrogens (primary N) is 1. The van der Waals surface area contributed by atoms with E-state index in [0.717, 1.165) is 29.6 Å². The molecule has 0 unspecified atom stereocenters. The van der Waals surface area contributed by atoms with Crippen molar-refractivity contribution in [3.05, 3.63) is 47.5 Å². The maximum Gasteiger partial charge on any atom is 0.0733 e. The Morgan fingerprint density at radius 1 is 0.913 bits per heavy atom. The summed E-state index contributed by atoms with van der Waals surface area (Å²) in [5, 5.41) is 2.40. The number of para-hydroxylation sites is 1. The van der Waals surface area contributed by atoms with Crippen LogP contribution in [0.1, 0.15) is 50.7 Å². The molecule has 3 aromatic rings. The van der Waals surface area contributed by atoms with Crippen molar-refractivity contribution in [1.29, 1.82) is 0 Å². The third-order valence-corrected chi connectivity index (χ3v) is 4.74. The summed E-state index contributed by atoms with van der Waals surface area (Å²) in [6.45, 7) is 4.45. The normalized spacial score (nSPS) is 11.4. The van der Waals surface area contributed by atoms with E-state index < -0.39 is 0 Å². The van der Waals surface area contributed by atoms with E-state index in [9.17, 15) is 0 Å². The van der Waals surface area contributed by atoms with Gasteiger partial charge in [0, 0.05) is 16.5 Å². The van der Waals surface area contributed by atoms with E-state index in [1.54, 1.807) is 0 Å². The van der Waals surface area contributed by atoms with E-state index in [2.05, 4.69) is 44.2 Å². The smallest absolute Gasteiger partial charge is 0.0733 e. The predicted molar refractivity (Wildman–Crippen MR) is 101 cm³/mol. The van der Waals surface area contributed by atoms with Crippen molar-refractivity contribution >= 4 is 27.5 Å². The van der Waals surface area contributed by atoms with Crippen LogP contribution in [-0.2, 0) is 12.8 Å². The molecule has 0 spiro atoms. The first kappa shape index (κ1) is 15.8. The fourth-order valence-electron chi connectivity index (χ4n) is 3.48. The summed E-state index contributed by atoms with van der Waals surface area (Å²) in [6, 6.07) is 12.7. The lowest BCUT2D eigenvalue weighted by Gasteiger charge is -2.14. The van der Waals surface area contributed by atoms with E-state index in [0.29, 0.717) is 0 Å². The molecule has 1 aromatic heterocycles. The molecule has 1 heterocycles. The Morgan fingerprint density at radius 3 is 2.52 bits per heavy atom. The Morgan fingerprint density at radius 2 is 1.74 bits per heavy atom. The molecule has 0 aliphatic heterocycles. The molecular formula is C21H26N2. The second-order valence-electron chi connectivity index (χ2n) is 6.30. The number of hydrogen-bond acceptors (Lipinski definition) is 2. The molecule has 0 amide bonds. The molecule has 2 heteroatoms. The van der Waals surface area contributed by atoms with Crippen LogP contribution in [0.3, 0.4) is 0 Å². The second-order valence-corrected chi connectivity index (χ2v) is 6.30. The SMILES string of the molecule is CCCCCCc1ccc2nc3ccccc3c(CC)c2c1N. The molecule has 2 aromatic carbocycles. The number of aromatic nitrogens is 1. The van der Waals surface area contributed by atoms with Crippen LogP contribution in [0, 0.1) is 0 Å². The molecule has 0 aliphatic rings. The van der Waals surface area contributed by atoms with Crippen molar-refractivity contribution in [2.45, 2.75) is 52.4 Å². The van der Waals surface area contributed by atoms with Gasteiger partial charge in [0.2, 0.25) is 0 Å². The fourth-order valence-corrected chi connectivity index (χ4v) is 3.48. The van der Waals surface area contributed by atoms with Crippen LogP contribution >= 0.6 is 0 Å². The molecule has 0 radical (unpaired) electrons. The molecule has 23 heavy (non-hydrogen) atoms. The molecule has 120 valence electrons. The van der Waals surface area contributed by atoms with Gasteiger partial charge in [0.05, 0.1) is 11.0 Å². The van der Waals surface area contributed by atoms with E-state index >= 15 is 0 Å². The monoisotopic (exact) mass is 306 g/mol. The van der Waals surface area contributed by atoms with Crippen LogP contribution in [0.25, 0.3) is 21.8 Å². The Hall–Kier alpha value is -2.09. The Balaban J connectivity index is 2.10. The summed E-state index contributed by atoms with van der Waals surface area (Å²) in [6.07, 6.45) is 7.11. The molecule has 0 aliphatic carbocycles. The van der Waals surface area contributed by atoms with Gasteiger partial charge in [-0.2, -0.15) is 0 Å². The predicted octanol–water partition coefficient (Wildman–Crippen LogP) is 5.66. The number of benzene rings is 2. The van der Waals surface area contributed by atoms with E-state index in [-0.39, 0.29) is 0 Å². The third kappa shape index (κ3) is 3.03. The fraction of sp³-hybridized carbons (Fsp3) is 0.381. The first-order valence-electron chi connectivity index (χ1n) is 8.85. The molecule has 0 saturated heterocycles. The van der Waals surface area contributed by atoms with Gasteiger partial charge < -0.3 is 5.73 Å². The maximum atomic E-state index is 6.56. The number of rotatable bonds is 6. The maximum absolute atomic E-state index is 6.56. The van der Waals surface area contributed by atoms with Crippen molar-refractivity contribution < 1.29 is 0 Å². The molecule has 0 bridgehead atoms. The second kappa shape index (κ2) is 6.99. The number of unbranched alkanes of at least 4 members (excludes halogenated alkanes) is 3. The lowest BCUT2D eigenvalue weighted by molar-refractivity contribution is 0.667. The summed E-state index contributed by atoms with van der Waals surface area (Å²) >= 11 is 0. The summed E-state index contributed by atoms with van der Waals surface area (Å²) in [7, 11) is 0. The lowest BCUT2D eigenvalue weighted by Crippen LogP contribution is -2.00. The van der Waals surface area contributed by atoms with Crippen LogP contribution in [0.5, 0.6) is 0 Å². The molecule has 3 rings (SSSR count). The van der Waals surface area contributed by atoms with Gasteiger partial charge in [0.25, 0.3) is 0 Å². The first-order valence-corrected chi connectivity index (χ1v) is 8.85. The number of aryl methyl sites for hydroxylation is 2. The zero-order valence-electron chi connectivity index (χ0n) is 14.2. The highest BCUT2D eigenvalue weighted by Gasteiger charge is 2.12. The zero-order chi connectivity index (χ0) is 16.2. The van der Waals surface area contributed by atoms with Gasteiger partial charge >= 0.3 is 0 Å². The number of pyridine rings is 1. The minimum Gasteiger partial charge on any atom is -0.398 e. The number of nitrogen functional groups attached to an aromatic ring is 1. The summed E-state index contributed by atoms with van der Waals surface area (Å²) in [5.41, 5.74) is 12.2. The zero-order valence-corrected chi connectivity index (χ0v) is 14.2. The minimum atomic E-state index is 0.939. The molecule has 2 N–H and O–H groups in total. The van der Waals surface area contributed by atoms with Gasteiger partial charge in [0.1, 0.15) is 0 Å². The number of nitrogens with zero attached hydrogens (tertiary/aromatic N) is 1. The number of anilines is 1. The van der Waals surface area contributed by atoms with Gasteiger partial charge in [-0.1, -0.05) is 57.4 Å². The highest BCUT2D eigenvalue weighted by atomic mass is 14.7. The molecule has 2 nitrogen and oxygen atoms in total. The molecular weight excluding hydrogens is 280 g/mol. The highest BCUT2D eigenvalue weighted by Crippen LogP contribution is 2.33. The van der Waals surface area contributed by atoms with E-state index in [1.165, 1.54) is 47.6 Å². The van der Waals surface area contributed by atoms with Gasteiger partial charge in [-0.3, -0.25) is 0 Å². The van der Waals surface area contributed by atoms with Gasteiger partial charge in [0.15, 0.2) is 0 Å². The Kier molecular flexibility index (Phi) is 4.80. The van der Waals surface area contributed by atoms with Crippen LogP contribution in [0.4, 0.5) is 5.69 Å². The van der Waals surface area contributed by atoms with Crippen molar-refractivity contribution in [3.63, 3.8) is 0 Å². The van der Waals surface area contributed by atoms with Gasteiger partial charge in [-0.25, -0.2) is 4.98 Å². The minimum absolute atomic E-state index is 0.939. The summed E-state index contributed by atoms with van der Waals surface area (Å²) < 4.78 is 0. The molecule has 0 saturated carbocycles.